The van der Waals surface area contributed by atoms with E-state index in [0.29, 0.717) is 0 Å². The van der Waals surface area contributed by atoms with E-state index in [2.05, 4.69) is 49.4 Å². The number of methoxy groups -OCH3 is 1. The lowest BCUT2D eigenvalue weighted by molar-refractivity contribution is 0.415. The zero-order chi connectivity index (χ0) is 18.4. The fourth-order valence-corrected chi connectivity index (χ4v) is 5.25. The van der Waals surface area contributed by atoms with Gasteiger partial charge >= 0.3 is 0 Å². The summed E-state index contributed by atoms with van der Waals surface area (Å²) in [5.41, 5.74) is 7.55. The third-order valence-corrected chi connectivity index (χ3v) is 6.61. The quantitative estimate of drug-likeness (QED) is 0.414. The molecule has 0 radical (unpaired) electrons. The molecule has 2 nitrogen and oxygen atoms in total. The number of thiophene rings is 1. The van der Waals surface area contributed by atoms with E-state index in [-0.39, 0.29) is 0 Å². The Morgan fingerprint density at radius 2 is 1.67 bits per heavy atom. The van der Waals surface area contributed by atoms with Crippen molar-refractivity contribution < 1.29 is 4.74 Å². The third-order valence-electron chi connectivity index (χ3n) is 5.42. The van der Waals surface area contributed by atoms with Crippen molar-refractivity contribution in [2.24, 2.45) is 0 Å². The number of pyridine rings is 1. The molecule has 2 aromatic heterocycles. The first-order chi connectivity index (χ1) is 13.2. The van der Waals surface area contributed by atoms with Gasteiger partial charge in [-0.25, -0.2) is 4.98 Å². The second-order valence-electron chi connectivity index (χ2n) is 7.19. The lowest BCUT2D eigenvalue weighted by Crippen LogP contribution is -1.90. The lowest BCUT2D eigenvalue weighted by Gasteiger charge is -2.10. The van der Waals surface area contributed by atoms with Crippen molar-refractivity contribution in [1.29, 1.82) is 0 Å². The van der Waals surface area contributed by atoms with E-state index in [1.54, 1.807) is 7.11 Å². The lowest BCUT2D eigenvalue weighted by atomic mass is 9.97. The van der Waals surface area contributed by atoms with Crippen LogP contribution in [0, 0.1) is 6.92 Å². The van der Waals surface area contributed by atoms with Crippen LogP contribution in [0.5, 0.6) is 5.75 Å². The van der Waals surface area contributed by atoms with Crippen LogP contribution in [-0.4, -0.2) is 12.1 Å². The number of aromatic nitrogens is 1. The van der Waals surface area contributed by atoms with Crippen LogP contribution >= 0.6 is 11.3 Å². The minimum Gasteiger partial charge on any atom is -0.497 e. The number of rotatable bonds is 3. The zero-order valence-electron chi connectivity index (χ0n) is 15.6. The van der Waals surface area contributed by atoms with Crippen LogP contribution in [-0.2, 0) is 12.8 Å². The topological polar surface area (TPSA) is 22.1 Å². The molecule has 5 rings (SSSR count). The number of ether oxygens (including phenoxy) is 1. The summed E-state index contributed by atoms with van der Waals surface area (Å²) in [4.78, 5) is 7.74. The highest BCUT2D eigenvalue weighted by Crippen LogP contribution is 2.43. The Morgan fingerprint density at radius 3 is 2.41 bits per heavy atom. The van der Waals surface area contributed by atoms with Gasteiger partial charge in [0, 0.05) is 15.8 Å². The van der Waals surface area contributed by atoms with Crippen molar-refractivity contribution in [3.8, 4) is 28.1 Å². The summed E-state index contributed by atoms with van der Waals surface area (Å²) in [5.74, 6) is 0.869. The summed E-state index contributed by atoms with van der Waals surface area (Å²) in [5, 5.41) is 1.37. The molecule has 27 heavy (non-hydrogen) atoms. The van der Waals surface area contributed by atoms with Gasteiger partial charge in [0.25, 0.3) is 0 Å². The Kier molecular flexibility index (Phi) is 3.98. The molecular formula is C24H21NOS. The average Bonchev–Trinajstić information content (AvgIpc) is 3.29. The van der Waals surface area contributed by atoms with Crippen LogP contribution in [0.4, 0.5) is 0 Å². The predicted molar refractivity (Wildman–Crippen MR) is 114 cm³/mol. The first-order valence-electron chi connectivity index (χ1n) is 9.40. The molecule has 0 fully saturated rings. The number of hydrogen-bond acceptors (Lipinski definition) is 3. The summed E-state index contributed by atoms with van der Waals surface area (Å²) < 4.78 is 5.30. The number of hydrogen-bond donors (Lipinski definition) is 0. The molecule has 0 amide bonds. The normalized spacial score (nSPS) is 13.1. The van der Waals surface area contributed by atoms with Gasteiger partial charge in [0.2, 0.25) is 0 Å². The highest BCUT2D eigenvalue weighted by atomic mass is 32.1. The second-order valence-corrected chi connectivity index (χ2v) is 8.27. The summed E-state index contributed by atoms with van der Waals surface area (Å²) in [6.07, 6.45) is 3.64. The Morgan fingerprint density at radius 1 is 0.926 bits per heavy atom. The number of fused-ring (bicyclic) bond motifs is 3. The fourth-order valence-electron chi connectivity index (χ4n) is 3.97. The molecule has 4 aromatic rings. The van der Waals surface area contributed by atoms with E-state index >= 15 is 0 Å². The van der Waals surface area contributed by atoms with Crippen LogP contribution in [0.3, 0.4) is 0 Å². The van der Waals surface area contributed by atoms with Gasteiger partial charge in [-0.05, 0) is 73.2 Å². The van der Waals surface area contributed by atoms with Crippen LogP contribution < -0.4 is 4.74 Å². The van der Waals surface area contributed by atoms with Crippen molar-refractivity contribution >= 4 is 21.6 Å². The maximum Gasteiger partial charge on any atom is 0.125 e. The third kappa shape index (κ3) is 2.83. The van der Waals surface area contributed by atoms with E-state index in [1.165, 1.54) is 56.6 Å². The monoisotopic (exact) mass is 371 g/mol. The van der Waals surface area contributed by atoms with Crippen LogP contribution in [0.1, 0.15) is 22.4 Å². The largest absolute Gasteiger partial charge is 0.497 e. The van der Waals surface area contributed by atoms with Crippen LogP contribution in [0.25, 0.3) is 32.6 Å². The van der Waals surface area contributed by atoms with Crippen molar-refractivity contribution in [2.45, 2.75) is 26.2 Å². The highest BCUT2D eigenvalue weighted by Gasteiger charge is 2.22. The number of benzene rings is 2. The molecular weight excluding hydrogens is 350 g/mol. The van der Waals surface area contributed by atoms with E-state index in [1.807, 2.05) is 23.5 Å². The smallest absolute Gasteiger partial charge is 0.125 e. The molecule has 0 atom stereocenters. The second kappa shape index (κ2) is 6.50. The Labute approximate surface area is 163 Å². The maximum absolute atomic E-state index is 5.30. The molecule has 0 saturated heterocycles. The summed E-state index contributed by atoms with van der Waals surface area (Å²) >= 11 is 1.88. The molecule has 0 bridgehead atoms. The van der Waals surface area contributed by atoms with Crippen molar-refractivity contribution in [3.05, 3.63) is 70.6 Å². The summed E-state index contributed by atoms with van der Waals surface area (Å²) in [6.45, 7) is 2.14. The average molecular weight is 372 g/mol. The molecule has 0 saturated carbocycles. The van der Waals surface area contributed by atoms with E-state index in [4.69, 9.17) is 9.72 Å². The molecule has 2 heterocycles. The van der Waals surface area contributed by atoms with Gasteiger partial charge in [0.05, 0.1) is 12.8 Å². The predicted octanol–water partition coefficient (Wildman–Crippen LogP) is 6.44. The first-order valence-corrected chi connectivity index (χ1v) is 10.2. The zero-order valence-corrected chi connectivity index (χ0v) is 16.4. The number of aryl methyl sites for hydroxylation is 3. The van der Waals surface area contributed by atoms with Crippen molar-refractivity contribution in [1.82, 2.24) is 4.98 Å². The Bertz CT molecular complexity index is 1120. The number of nitrogens with zero attached hydrogens (tertiary/aromatic N) is 1. The van der Waals surface area contributed by atoms with Gasteiger partial charge < -0.3 is 4.74 Å². The standard InChI is InChI=1S/C24H21NOS/c1-15-6-8-16(9-7-15)20-14-21(17-10-12-18(26-2)13-11-17)25-24-23(20)19-4-3-5-22(19)27-24/h6-14H,3-5H2,1-2H3. The minimum atomic E-state index is 0.869. The molecule has 2 aromatic carbocycles. The van der Waals surface area contributed by atoms with Crippen molar-refractivity contribution in [3.63, 3.8) is 0 Å². The van der Waals surface area contributed by atoms with Gasteiger partial charge in [-0.3, -0.25) is 0 Å². The van der Waals surface area contributed by atoms with Gasteiger partial charge in [0.15, 0.2) is 0 Å². The van der Waals surface area contributed by atoms with Gasteiger partial charge in [-0.1, -0.05) is 29.8 Å². The Hall–Kier alpha value is -2.65. The molecule has 1 aliphatic rings. The molecule has 3 heteroatoms. The first kappa shape index (κ1) is 16.5. The minimum absolute atomic E-state index is 0.869. The fraction of sp³-hybridized carbons (Fsp3) is 0.208. The molecule has 134 valence electrons. The molecule has 0 N–H and O–H groups in total. The summed E-state index contributed by atoms with van der Waals surface area (Å²) in [7, 11) is 1.70. The van der Waals surface area contributed by atoms with Gasteiger partial charge in [-0.2, -0.15) is 0 Å². The molecule has 0 spiro atoms. The summed E-state index contributed by atoms with van der Waals surface area (Å²) in [6, 6.07) is 19.3. The van der Waals surface area contributed by atoms with E-state index < -0.39 is 0 Å². The van der Waals surface area contributed by atoms with Gasteiger partial charge in [-0.15, -0.1) is 11.3 Å². The van der Waals surface area contributed by atoms with Crippen LogP contribution in [0.15, 0.2) is 54.6 Å². The molecule has 0 aliphatic heterocycles. The van der Waals surface area contributed by atoms with E-state index in [9.17, 15) is 0 Å². The molecule has 0 unspecified atom stereocenters. The van der Waals surface area contributed by atoms with Gasteiger partial charge in [0.1, 0.15) is 10.6 Å². The Balaban J connectivity index is 1.75. The van der Waals surface area contributed by atoms with E-state index in [0.717, 1.165) is 17.0 Å². The van der Waals surface area contributed by atoms with Crippen molar-refractivity contribution in [2.75, 3.05) is 7.11 Å². The highest BCUT2D eigenvalue weighted by molar-refractivity contribution is 7.19. The SMILES string of the molecule is COc1ccc(-c2cc(-c3ccc(C)cc3)c3c4c(sc3n2)CCC4)cc1. The van der Waals surface area contributed by atoms with Crippen LogP contribution in [0.2, 0.25) is 0 Å². The molecule has 1 aliphatic carbocycles. The maximum atomic E-state index is 5.30.